The third-order valence-electron chi connectivity index (χ3n) is 2.53. The summed E-state index contributed by atoms with van der Waals surface area (Å²) in [5.74, 6) is -1.26. The maximum absolute atomic E-state index is 11.9. The molecule has 0 saturated carbocycles. The van der Waals surface area contributed by atoms with E-state index in [0.29, 0.717) is 11.5 Å². The molecular formula is C12H13N3O5. The summed E-state index contributed by atoms with van der Waals surface area (Å²) in [5, 5.41) is 17.7. The highest BCUT2D eigenvalue weighted by atomic mass is 16.5. The molecule has 1 unspecified atom stereocenters. The summed E-state index contributed by atoms with van der Waals surface area (Å²) >= 11 is 0. The van der Waals surface area contributed by atoms with Gasteiger partial charge in [-0.05, 0) is 12.1 Å². The molecule has 8 heteroatoms. The zero-order valence-electron chi connectivity index (χ0n) is 10.6. The maximum atomic E-state index is 11.9. The summed E-state index contributed by atoms with van der Waals surface area (Å²) in [7, 11) is 1.35. The van der Waals surface area contributed by atoms with Gasteiger partial charge in [0.1, 0.15) is 5.69 Å². The van der Waals surface area contributed by atoms with Crippen molar-refractivity contribution in [2.45, 2.75) is 6.04 Å². The van der Waals surface area contributed by atoms with E-state index in [-0.39, 0.29) is 12.3 Å². The number of nitrogens with zero attached hydrogens (tertiary/aromatic N) is 1. The lowest BCUT2D eigenvalue weighted by atomic mass is 10.2. The van der Waals surface area contributed by atoms with Crippen molar-refractivity contribution >= 4 is 11.9 Å². The normalized spacial score (nSPS) is 12.1. The molecule has 2 aromatic rings. The number of carbonyl (C=O) groups is 2. The second-order valence-corrected chi connectivity index (χ2v) is 3.96. The number of amides is 1. The number of rotatable bonds is 6. The zero-order valence-corrected chi connectivity index (χ0v) is 10.6. The average molecular weight is 279 g/mol. The number of H-pyrrole nitrogens is 1. The molecule has 3 N–H and O–H groups in total. The third-order valence-corrected chi connectivity index (χ3v) is 2.53. The number of carbonyl (C=O) groups excluding carboxylic acids is 1. The highest BCUT2D eigenvalue weighted by Crippen LogP contribution is 2.17. The summed E-state index contributed by atoms with van der Waals surface area (Å²) in [6.07, 6.45) is 1.50. The van der Waals surface area contributed by atoms with E-state index in [0.717, 1.165) is 0 Å². The number of hydrogen-bond donors (Lipinski definition) is 3. The largest absolute Gasteiger partial charge is 0.480 e. The number of aromatic amines is 1. The van der Waals surface area contributed by atoms with Crippen LogP contribution in [0.3, 0.4) is 0 Å². The number of nitrogens with one attached hydrogen (secondary N) is 2. The number of methoxy groups -OCH3 is 1. The van der Waals surface area contributed by atoms with Crippen LogP contribution < -0.4 is 5.32 Å². The standard InChI is InChI=1S/C12H13N3O5/c1-19-6-9(12(17)18)13-11(16)8-5-7(14-15-8)10-3-2-4-20-10/h2-5,9H,6H2,1H3,(H,13,16)(H,14,15)(H,17,18). The van der Waals surface area contributed by atoms with Crippen LogP contribution >= 0.6 is 0 Å². The van der Waals surface area contributed by atoms with Crippen LogP contribution in [0.4, 0.5) is 0 Å². The minimum atomic E-state index is -1.18. The van der Waals surface area contributed by atoms with Crippen molar-refractivity contribution in [2.24, 2.45) is 0 Å². The van der Waals surface area contributed by atoms with Crippen LogP contribution in [-0.4, -0.2) is 46.9 Å². The molecule has 0 spiro atoms. The lowest BCUT2D eigenvalue weighted by Crippen LogP contribution is -2.43. The van der Waals surface area contributed by atoms with E-state index in [1.54, 1.807) is 12.1 Å². The molecule has 2 heterocycles. The predicted octanol–water partition coefficient (Wildman–Crippen LogP) is 0.499. The van der Waals surface area contributed by atoms with Gasteiger partial charge in [0.15, 0.2) is 17.5 Å². The average Bonchev–Trinajstić information content (AvgIpc) is 3.08. The van der Waals surface area contributed by atoms with Gasteiger partial charge in [-0.25, -0.2) is 4.79 Å². The number of aliphatic carboxylic acids is 1. The quantitative estimate of drug-likeness (QED) is 0.708. The van der Waals surface area contributed by atoms with Crippen molar-refractivity contribution in [3.05, 3.63) is 30.2 Å². The van der Waals surface area contributed by atoms with Gasteiger partial charge in [0.2, 0.25) is 0 Å². The Morgan fingerprint density at radius 3 is 3.00 bits per heavy atom. The lowest BCUT2D eigenvalue weighted by molar-refractivity contribution is -0.140. The Morgan fingerprint density at radius 1 is 1.60 bits per heavy atom. The Morgan fingerprint density at radius 2 is 2.40 bits per heavy atom. The Kier molecular flexibility index (Phi) is 4.16. The second kappa shape index (κ2) is 6.02. The SMILES string of the molecule is COCC(NC(=O)c1cc(-c2ccco2)[nH]n1)C(=O)O. The van der Waals surface area contributed by atoms with E-state index in [9.17, 15) is 9.59 Å². The molecule has 2 aromatic heterocycles. The molecule has 2 rings (SSSR count). The maximum Gasteiger partial charge on any atom is 0.328 e. The van der Waals surface area contributed by atoms with Crippen molar-refractivity contribution < 1.29 is 23.8 Å². The molecule has 8 nitrogen and oxygen atoms in total. The van der Waals surface area contributed by atoms with Crippen LogP contribution in [0.1, 0.15) is 10.5 Å². The van der Waals surface area contributed by atoms with Gasteiger partial charge in [-0.15, -0.1) is 0 Å². The number of furan rings is 1. The molecule has 0 aliphatic rings. The molecule has 0 fully saturated rings. The van der Waals surface area contributed by atoms with Crippen molar-refractivity contribution in [2.75, 3.05) is 13.7 Å². The first-order valence-electron chi connectivity index (χ1n) is 5.73. The van der Waals surface area contributed by atoms with Crippen molar-refractivity contribution in [1.29, 1.82) is 0 Å². The number of carboxylic acids is 1. The molecule has 0 bridgehead atoms. The van der Waals surface area contributed by atoms with Gasteiger partial charge in [-0.1, -0.05) is 0 Å². The predicted molar refractivity (Wildman–Crippen MR) is 67.1 cm³/mol. The number of hydrogen-bond acceptors (Lipinski definition) is 5. The van der Waals surface area contributed by atoms with Gasteiger partial charge < -0.3 is 19.6 Å². The second-order valence-electron chi connectivity index (χ2n) is 3.96. The fraction of sp³-hybridized carbons (Fsp3) is 0.250. The van der Waals surface area contributed by atoms with E-state index in [1.165, 1.54) is 19.4 Å². The van der Waals surface area contributed by atoms with E-state index in [4.69, 9.17) is 14.3 Å². The summed E-state index contributed by atoms with van der Waals surface area (Å²) in [6.45, 7) is -0.128. The van der Waals surface area contributed by atoms with Gasteiger partial charge in [0.25, 0.3) is 5.91 Å². The van der Waals surface area contributed by atoms with Crippen molar-refractivity contribution in [1.82, 2.24) is 15.5 Å². The molecule has 0 aliphatic carbocycles. The van der Waals surface area contributed by atoms with Crippen molar-refractivity contribution in [3.8, 4) is 11.5 Å². The van der Waals surface area contributed by atoms with Gasteiger partial charge in [0.05, 0.1) is 12.9 Å². The summed E-state index contributed by atoms with van der Waals surface area (Å²) < 4.78 is 9.88. The molecule has 20 heavy (non-hydrogen) atoms. The molecular weight excluding hydrogens is 266 g/mol. The van der Waals surface area contributed by atoms with Gasteiger partial charge in [-0.3, -0.25) is 9.89 Å². The van der Waals surface area contributed by atoms with Crippen LogP contribution in [0.15, 0.2) is 28.9 Å². The number of ether oxygens (including phenoxy) is 1. The summed E-state index contributed by atoms with van der Waals surface area (Å²) in [5.41, 5.74) is 0.595. The Hall–Kier alpha value is -2.61. The fourth-order valence-corrected chi connectivity index (χ4v) is 1.57. The van der Waals surface area contributed by atoms with Crippen LogP contribution in [0.5, 0.6) is 0 Å². The highest BCUT2D eigenvalue weighted by Gasteiger charge is 2.22. The number of carboxylic acid groups (broad SMARTS) is 1. The van der Waals surface area contributed by atoms with Gasteiger partial charge >= 0.3 is 5.97 Å². The molecule has 0 aliphatic heterocycles. The zero-order chi connectivity index (χ0) is 14.5. The highest BCUT2D eigenvalue weighted by molar-refractivity contribution is 5.95. The van der Waals surface area contributed by atoms with Crippen LogP contribution in [0, 0.1) is 0 Å². The first-order valence-corrected chi connectivity index (χ1v) is 5.73. The molecule has 1 amide bonds. The number of aromatic nitrogens is 2. The molecule has 106 valence electrons. The third kappa shape index (κ3) is 3.04. The molecule has 0 saturated heterocycles. The van der Waals surface area contributed by atoms with Gasteiger partial charge in [0, 0.05) is 13.2 Å². The lowest BCUT2D eigenvalue weighted by Gasteiger charge is -2.11. The Labute approximate surface area is 113 Å². The van der Waals surface area contributed by atoms with Gasteiger partial charge in [-0.2, -0.15) is 5.10 Å². The summed E-state index contributed by atoms with van der Waals surface area (Å²) in [6, 6.07) is 3.76. The minimum absolute atomic E-state index is 0.0683. The Balaban J connectivity index is 2.08. The van der Waals surface area contributed by atoms with Crippen LogP contribution in [0.2, 0.25) is 0 Å². The molecule has 0 aromatic carbocycles. The topological polar surface area (TPSA) is 117 Å². The smallest absolute Gasteiger partial charge is 0.328 e. The molecule has 1 atom stereocenters. The van der Waals surface area contributed by atoms with Crippen LogP contribution in [0.25, 0.3) is 11.5 Å². The monoisotopic (exact) mass is 279 g/mol. The first-order chi connectivity index (χ1) is 9.61. The fourth-order valence-electron chi connectivity index (χ4n) is 1.57. The van der Waals surface area contributed by atoms with Crippen LogP contribution in [-0.2, 0) is 9.53 Å². The van der Waals surface area contributed by atoms with E-state index in [1.807, 2.05) is 0 Å². The van der Waals surface area contributed by atoms with E-state index < -0.39 is 17.9 Å². The summed E-state index contributed by atoms with van der Waals surface area (Å²) in [4.78, 5) is 22.8. The van der Waals surface area contributed by atoms with E-state index in [2.05, 4.69) is 15.5 Å². The van der Waals surface area contributed by atoms with E-state index >= 15 is 0 Å². The molecule has 0 radical (unpaired) electrons. The van der Waals surface area contributed by atoms with Crippen molar-refractivity contribution in [3.63, 3.8) is 0 Å². The first kappa shape index (κ1) is 13.8. The Bertz CT molecular complexity index is 590. The minimum Gasteiger partial charge on any atom is -0.480 e.